The second-order valence-corrected chi connectivity index (χ2v) is 6.85. The number of piperidine rings is 1. The van der Waals surface area contributed by atoms with Gasteiger partial charge >= 0.3 is 0 Å². The Bertz CT molecular complexity index is 458. The fraction of sp³-hybridized carbons (Fsp3) is 0.875. The van der Waals surface area contributed by atoms with Crippen molar-refractivity contribution in [3.8, 4) is 0 Å². The van der Waals surface area contributed by atoms with Crippen LogP contribution in [0.3, 0.4) is 0 Å². The lowest BCUT2D eigenvalue weighted by Crippen LogP contribution is -2.38. The van der Waals surface area contributed by atoms with E-state index in [1.165, 1.54) is 25.7 Å². The molecule has 0 aromatic carbocycles. The average molecular weight is 293 g/mol. The fourth-order valence-corrected chi connectivity index (χ4v) is 3.66. The van der Waals surface area contributed by atoms with Crippen LogP contribution in [-0.4, -0.2) is 30.3 Å². The molecule has 3 rings (SSSR count). The van der Waals surface area contributed by atoms with E-state index in [0.29, 0.717) is 0 Å². The van der Waals surface area contributed by atoms with Crippen LogP contribution in [0, 0.1) is 0 Å². The van der Waals surface area contributed by atoms with Crippen molar-refractivity contribution in [2.24, 2.45) is 0 Å². The highest BCUT2D eigenvalue weighted by Crippen LogP contribution is 2.39. The quantitative estimate of drug-likeness (QED) is 0.868. The van der Waals surface area contributed by atoms with Crippen molar-refractivity contribution in [1.82, 2.24) is 15.5 Å². The van der Waals surface area contributed by atoms with E-state index in [9.17, 15) is 0 Å². The van der Waals surface area contributed by atoms with Gasteiger partial charge in [0.05, 0.1) is 0 Å². The first kappa shape index (κ1) is 15.0. The average Bonchev–Trinajstić information content (AvgIpc) is 2.89. The van der Waals surface area contributed by atoms with Crippen LogP contribution in [0.25, 0.3) is 0 Å². The van der Waals surface area contributed by atoms with Gasteiger partial charge in [-0.1, -0.05) is 37.8 Å². The molecule has 0 atom stereocenters. The van der Waals surface area contributed by atoms with E-state index >= 15 is 0 Å². The van der Waals surface area contributed by atoms with E-state index in [1.807, 2.05) is 0 Å². The smallest absolute Gasteiger partial charge is 0.232 e. The van der Waals surface area contributed by atoms with Crippen molar-refractivity contribution >= 4 is 0 Å². The monoisotopic (exact) mass is 293 g/mol. The van der Waals surface area contributed by atoms with Crippen molar-refractivity contribution in [3.05, 3.63) is 11.7 Å². The maximum absolute atomic E-state index is 5.88. The summed E-state index contributed by atoms with van der Waals surface area (Å²) in [5.41, 5.74) is -0.322. The first-order valence-electron chi connectivity index (χ1n) is 8.29. The molecule has 1 saturated heterocycles. The van der Waals surface area contributed by atoms with Gasteiger partial charge in [-0.3, -0.25) is 0 Å². The van der Waals surface area contributed by atoms with E-state index in [1.54, 1.807) is 7.11 Å². The molecule has 21 heavy (non-hydrogen) atoms. The van der Waals surface area contributed by atoms with Crippen LogP contribution in [0.5, 0.6) is 0 Å². The Kier molecular flexibility index (Phi) is 4.31. The molecule has 5 nitrogen and oxygen atoms in total. The summed E-state index contributed by atoms with van der Waals surface area (Å²) in [5, 5.41) is 7.71. The van der Waals surface area contributed by atoms with Crippen LogP contribution < -0.4 is 5.32 Å². The molecular formula is C16H27N3O2. The van der Waals surface area contributed by atoms with Crippen LogP contribution in [-0.2, 0) is 15.8 Å². The topological polar surface area (TPSA) is 60.2 Å². The summed E-state index contributed by atoms with van der Waals surface area (Å²) < 4.78 is 11.5. The van der Waals surface area contributed by atoms with E-state index in [0.717, 1.165) is 50.5 Å². The maximum Gasteiger partial charge on any atom is 0.232 e. The number of ether oxygens (including phenoxy) is 1. The second-order valence-electron chi connectivity index (χ2n) is 6.85. The number of methoxy groups -OCH3 is 1. The zero-order chi connectivity index (χ0) is 14.8. The summed E-state index contributed by atoms with van der Waals surface area (Å²) in [6.45, 7) is 4.27. The molecule has 1 aliphatic carbocycles. The van der Waals surface area contributed by atoms with Crippen LogP contribution >= 0.6 is 0 Å². The molecule has 2 fully saturated rings. The molecule has 0 unspecified atom stereocenters. The zero-order valence-corrected chi connectivity index (χ0v) is 13.3. The summed E-state index contributed by atoms with van der Waals surface area (Å²) in [7, 11) is 1.79. The first-order valence-corrected chi connectivity index (χ1v) is 8.29. The van der Waals surface area contributed by atoms with Crippen LogP contribution in [0.2, 0.25) is 0 Å². The summed E-state index contributed by atoms with van der Waals surface area (Å²) >= 11 is 0. The Balaban J connectivity index is 1.85. The molecular weight excluding hydrogens is 266 g/mol. The lowest BCUT2D eigenvalue weighted by atomic mass is 9.81. The van der Waals surface area contributed by atoms with Gasteiger partial charge in [0.15, 0.2) is 0 Å². The second kappa shape index (κ2) is 6.05. The minimum Gasteiger partial charge on any atom is -0.370 e. The van der Waals surface area contributed by atoms with Crippen LogP contribution in [0.4, 0.5) is 0 Å². The number of hydrogen-bond donors (Lipinski definition) is 1. The molecule has 0 amide bonds. The Morgan fingerprint density at radius 1 is 1.05 bits per heavy atom. The summed E-state index contributed by atoms with van der Waals surface area (Å²) in [6, 6.07) is 0. The minimum atomic E-state index is -0.332. The summed E-state index contributed by atoms with van der Waals surface area (Å²) in [4.78, 5) is 4.78. The molecule has 0 bridgehead atoms. The number of nitrogens with zero attached hydrogens (tertiary/aromatic N) is 2. The predicted molar refractivity (Wildman–Crippen MR) is 80.1 cm³/mol. The number of rotatable bonds is 3. The van der Waals surface area contributed by atoms with Crippen LogP contribution in [0.15, 0.2) is 4.52 Å². The van der Waals surface area contributed by atoms with E-state index in [2.05, 4.69) is 17.4 Å². The molecule has 118 valence electrons. The van der Waals surface area contributed by atoms with E-state index in [-0.39, 0.29) is 11.0 Å². The number of aromatic nitrogens is 2. The maximum atomic E-state index is 5.88. The molecule has 2 aliphatic rings. The number of nitrogens with one attached hydrogen (secondary N) is 1. The highest BCUT2D eigenvalue weighted by molar-refractivity contribution is 5.09. The van der Waals surface area contributed by atoms with Crippen molar-refractivity contribution in [2.45, 2.75) is 69.3 Å². The van der Waals surface area contributed by atoms with Gasteiger partial charge in [-0.15, -0.1) is 0 Å². The third kappa shape index (κ3) is 2.86. The van der Waals surface area contributed by atoms with Gasteiger partial charge in [0, 0.05) is 12.5 Å². The lowest BCUT2D eigenvalue weighted by molar-refractivity contribution is -0.0365. The molecule has 1 aliphatic heterocycles. The molecule has 1 saturated carbocycles. The van der Waals surface area contributed by atoms with Gasteiger partial charge in [0.25, 0.3) is 0 Å². The third-order valence-electron chi connectivity index (χ3n) is 5.36. The summed E-state index contributed by atoms with van der Waals surface area (Å²) in [6.07, 6.45) is 9.01. The van der Waals surface area contributed by atoms with Crippen molar-refractivity contribution in [1.29, 1.82) is 0 Å². The number of hydrogen-bond acceptors (Lipinski definition) is 5. The van der Waals surface area contributed by atoms with Gasteiger partial charge in [0.2, 0.25) is 11.7 Å². The highest BCUT2D eigenvalue weighted by atomic mass is 16.5. The molecule has 0 radical (unpaired) electrons. The fourth-order valence-electron chi connectivity index (χ4n) is 3.66. The lowest BCUT2D eigenvalue weighted by Gasteiger charge is -2.30. The highest BCUT2D eigenvalue weighted by Gasteiger charge is 2.40. The predicted octanol–water partition coefficient (Wildman–Crippen LogP) is 2.91. The zero-order valence-electron chi connectivity index (χ0n) is 13.3. The molecule has 0 spiro atoms. The Hall–Kier alpha value is -0.940. The van der Waals surface area contributed by atoms with Crippen molar-refractivity contribution in [2.75, 3.05) is 20.2 Å². The SMILES string of the molecule is COC1(c2noc(C3(C)CCNCC3)n2)CCCCCC1. The van der Waals surface area contributed by atoms with Gasteiger partial charge in [-0.2, -0.15) is 4.98 Å². The third-order valence-corrected chi connectivity index (χ3v) is 5.36. The van der Waals surface area contributed by atoms with Gasteiger partial charge in [0.1, 0.15) is 5.60 Å². The Labute approximate surface area is 126 Å². The standard InChI is InChI=1S/C16H27N3O2/c1-15(9-11-17-12-10-15)14-18-13(19-21-14)16(20-2)7-5-3-4-6-8-16/h17H,3-12H2,1-2H3. The van der Waals surface area contributed by atoms with Crippen molar-refractivity contribution in [3.63, 3.8) is 0 Å². The Morgan fingerprint density at radius 2 is 1.71 bits per heavy atom. The molecule has 1 N–H and O–H groups in total. The molecule has 5 heteroatoms. The van der Waals surface area contributed by atoms with Crippen LogP contribution in [0.1, 0.15) is 70.0 Å². The van der Waals surface area contributed by atoms with Gasteiger partial charge < -0.3 is 14.6 Å². The molecule has 1 aromatic rings. The van der Waals surface area contributed by atoms with E-state index < -0.39 is 0 Å². The first-order chi connectivity index (χ1) is 10.2. The van der Waals surface area contributed by atoms with Crippen molar-refractivity contribution < 1.29 is 9.26 Å². The summed E-state index contributed by atoms with van der Waals surface area (Å²) in [5.74, 6) is 1.56. The molecule has 2 heterocycles. The normalized spacial score (nSPS) is 25.4. The minimum absolute atomic E-state index is 0.0101. The van der Waals surface area contributed by atoms with Gasteiger partial charge in [-0.25, -0.2) is 0 Å². The van der Waals surface area contributed by atoms with Gasteiger partial charge in [-0.05, 0) is 38.8 Å². The van der Waals surface area contributed by atoms with E-state index in [4.69, 9.17) is 14.2 Å². The molecule has 1 aromatic heterocycles. The largest absolute Gasteiger partial charge is 0.370 e. The Morgan fingerprint density at radius 3 is 2.33 bits per heavy atom.